The highest BCUT2D eigenvalue weighted by molar-refractivity contribution is 9.10. The number of phenols is 1. The van der Waals surface area contributed by atoms with Crippen molar-refractivity contribution in [3.63, 3.8) is 0 Å². The molecule has 0 fully saturated rings. The van der Waals surface area contributed by atoms with Gasteiger partial charge in [0.25, 0.3) is 5.91 Å². The molecule has 0 atom stereocenters. The topological polar surface area (TPSA) is 49.3 Å². The zero-order chi connectivity index (χ0) is 13.1. The zero-order valence-electron chi connectivity index (χ0n) is 9.77. The van der Waals surface area contributed by atoms with Crippen molar-refractivity contribution >= 4 is 27.5 Å². The van der Waals surface area contributed by atoms with Crippen LogP contribution in [0.15, 0.2) is 46.9 Å². The van der Waals surface area contributed by atoms with Crippen LogP contribution in [0.2, 0.25) is 0 Å². The Kier molecular flexibility index (Phi) is 3.67. The van der Waals surface area contributed by atoms with Crippen LogP contribution in [-0.2, 0) is 0 Å². The maximum atomic E-state index is 12.0. The van der Waals surface area contributed by atoms with Crippen LogP contribution in [0.3, 0.4) is 0 Å². The van der Waals surface area contributed by atoms with Gasteiger partial charge in [0.2, 0.25) is 0 Å². The van der Waals surface area contributed by atoms with Crippen LogP contribution in [0, 0.1) is 6.92 Å². The van der Waals surface area contributed by atoms with Gasteiger partial charge in [-0.15, -0.1) is 0 Å². The van der Waals surface area contributed by atoms with Gasteiger partial charge in [0, 0.05) is 10.2 Å². The van der Waals surface area contributed by atoms with E-state index in [0.717, 1.165) is 10.0 Å². The van der Waals surface area contributed by atoms with Crippen LogP contribution >= 0.6 is 15.9 Å². The number of phenolic OH excluding ortho intramolecular Hbond substituents is 1. The Morgan fingerprint density at radius 3 is 2.50 bits per heavy atom. The first-order valence-corrected chi connectivity index (χ1v) is 6.22. The third-order valence-electron chi connectivity index (χ3n) is 2.50. The van der Waals surface area contributed by atoms with E-state index in [1.165, 1.54) is 6.07 Å². The number of anilines is 1. The van der Waals surface area contributed by atoms with Crippen LogP contribution in [0.25, 0.3) is 0 Å². The summed E-state index contributed by atoms with van der Waals surface area (Å²) < 4.78 is 0.943. The van der Waals surface area contributed by atoms with Crippen molar-refractivity contribution in [3.05, 3.63) is 58.1 Å². The molecule has 0 bridgehead atoms. The number of hydrogen-bond acceptors (Lipinski definition) is 2. The third kappa shape index (κ3) is 2.90. The Balaban J connectivity index is 2.21. The van der Waals surface area contributed by atoms with Crippen molar-refractivity contribution in [3.8, 4) is 5.75 Å². The Labute approximate surface area is 114 Å². The molecule has 0 aliphatic rings. The van der Waals surface area contributed by atoms with Crippen molar-refractivity contribution in [2.75, 3.05) is 5.32 Å². The van der Waals surface area contributed by atoms with Gasteiger partial charge < -0.3 is 10.4 Å². The van der Waals surface area contributed by atoms with Gasteiger partial charge in [-0.3, -0.25) is 4.79 Å². The Morgan fingerprint density at radius 2 is 1.83 bits per heavy atom. The van der Waals surface area contributed by atoms with E-state index in [-0.39, 0.29) is 17.2 Å². The van der Waals surface area contributed by atoms with Crippen LogP contribution in [0.1, 0.15) is 15.9 Å². The Morgan fingerprint density at radius 1 is 1.17 bits per heavy atom. The van der Waals surface area contributed by atoms with Gasteiger partial charge in [0.15, 0.2) is 0 Å². The molecule has 4 heteroatoms. The van der Waals surface area contributed by atoms with E-state index in [0.29, 0.717) is 5.69 Å². The molecule has 18 heavy (non-hydrogen) atoms. The van der Waals surface area contributed by atoms with Gasteiger partial charge in [-0.1, -0.05) is 27.6 Å². The van der Waals surface area contributed by atoms with E-state index in [2.05, 4.69) is 21.2 Å². The minimum atomic E-state index is -0.321. The lowest BCUT2D eigenvalue weighted by Gasteiger charge is -2.07. The largest absolute Gasteiger partial charge is 0.507 e. The zero-order valence-corrected chi connectivity index (χ0v) is 11.4. The summed E-state index contributed by atoms with van der Waals surface area (Å²) in [6.45, 7) is 1.87. The molecule has 2 aromatic carbocycles. The Bertz CT molecular complexity index is 579. The number of carbonyl (C=O) groups excluding carboxylic acids is 1. The van der Waals surface area contributed by atoms with E-state index in [1.807, 2.05) is 19.1 Å². The van der Waals surface area contributed by atoms with E-state index in [1.54, 1.807) is 24.3 Å². The van der Waals surface area contributed by atoms with Crippen LogP contribution < -0.4 is 5.32 Å². The van der Waals surface area contributed by atoms with Gasteiger partial charge in [0.05, 0.1) is 5.56 Å². The molecule has 92 valence electrons. The first-order chi connectivity index (χ1) is 8.56. The molecule has 0 aliphatic carbocycles. The lowest BCUT2D eigenvalue weighted by Crippen LogP contribution is -2.12. The molecule has 2 rings (SSSR count). The summed E-state index contributed by atoms with van der Waals surface area (Å²) in [6, 6.07) is 12.2. The predicted octanol–water partition coefficient (Wildman–Crippen LogP) is 3.72. The highest BCUT2D eigenvalue weighted by Crippen LogP contribution is 2.20. The average molecular weight is 306 g/mol. The van der Waals surface area contributed by atoms with Gasteiger partial charge in [-0.25, -0.2) is 0 Å². The maximum absolute atomic E-state index is 12.0. The van der Waals surface area contributed by atoms with Gasteiger partial charge in [-0.05, 0) is 43.3 Å². The fraction of sp³-hybridized carbons (Fsp3) is 0.0714. The van der Waals surface area contributed by atoms with Crippen molar-refractivity contribution < 1.29 is 9.90 Å². The summed E-state index contributed by atoms with van der Waals surface area (Å²) in [5, 5.41) is 12.4. The highest BCUT2D eigenvalue weighted by Gasteiger charge is 2.11. The Hall–Kier alpha value is -1.81. The van der Waals surface area contributed by atoms with Crippen molar-refractivity contribution in [1.82, 2.24) is 0 Å². The highest BCUT2D eigenvalue weighted by atomic mass is 79.9. The van der Waals surface area contributed by atoms with E-state index >= 15 is 0 Å². The second-order valence-electron chi connectivity index (χ2n) is 3.98. The van der Waals surface area contributed by atoms with E-state index < -0.39 is 0 Å². The van der Waals surface area contributed by atoms with Crippen molar-refractivity contribution in [2.45, 2.75) is 6.92 Å². The van der Waals surface area contributed by atoms with Gasteiger partial charge in [0.1, 0.15) is 5.75 Å². The van der Waals surface area contributed by atoms with E-state index in [4.69, 9.17) is 0 Å². The van der Waals surface area contributed by atoms with Crippen LogP contribution in [-0.4, -0.2) is 11.0 Å². The summed E-state index contributed by atoms with van der Waals surface area (Å²) in [7, 11) is 0. The molecular formula is C14H12BrNO2. The summed E-state index contributed by atoms with van der Waals surface area (Å²) in [6.07, 6.45) is 0. The number of nitrogens with one attached hydrogen (secondary N) is 1. The number of aromatic hydroxyl groups is 1. The lowest BCUT2D eigenvalue weighted by molar-refractivity contribution is 0.102. The number of rotatable bonds is 2. The smallest absolute Gasteiger partial charge is 0.259 e. The molecule has 3 nitrogen and oxygen atoms in total. The number of halogens is 1. The second kappa shape index (κ2) is 5.23. The summed E-state index contributed by atoms with van der Waals surface area (Å²) in [4.78, 5) is 12.0. The number of hydrogen-bond donors (Lipinski definition) is 2. The van der Waals surface area contributed by atoms with Crippen LogP contribution in [0.4, 0.5) is 5.69 Å². The fourth-order valence-corrected chi connectivity index (χ4v) is 1.83. The number of benzene rings is 2. The molecule has 0 heterocycles. The molecule has 0 aromatic heterocycles. The minimum absolute atomic E-state index is 0.0183. The minimum Gasteiger partial charge on any atom is -0.507 e. The molecule has 0 radical (unpaired) electrons. The monoisotopic (exact) mass is 305 g/mol. The molecule has 0 spiro atoms. The fourth-order valence-electron chi connectivity index (χ4n) is 1.56. The second-order valence-corrected chi connectivity index (χ2v) is 4.90. The van der Waals surface area contributed by atoms with Gasteiger partial charge in [-0.2, -0.15) is 0 Å². The quantitative estimate of drug-likeness (QED) is 0.888. The normalized spacial score (nSPS) is 10.1. The van der Waals surface area contributed by atoms with Gasteiger partial charge >= 0.3 is 0 Å². The molecule has 0 aliphatic heterocycles. The first-order valence-electron chi connectivity index (χ1n) is 5.43. The number of aryl methyl sites for hydroxylation is 1. The SMILES string of the molecule is Cc1ccc(O)c(C(=O)Nc2ccc(Br)cc2)c1. The lowest BCUT2D eigenvalue weighted by atomic mass is 10.1. The maximum Gasteiger partial charge on any atom is 0.259 e. The average Bonchev–Trinajstić information content (AvgIpc) is 2.35. The molecule has 2 aromatic rings. The summed E-state index contributed by atoms with van der Waals surface area (Å²) in [5.41, 5.74) is 1.88. The van der Waals surface area contributed by atoms with Crippen LogP contribution in [0.5, 0.6) is 5.75 Å². The van der Waals surface area contributed by atoms with Crippen molar-refractivity contribution in [1.29, 1.82) is 0 Å². The summed E-state index contributed by atoms with van der Waals surface area (Å²) in [5.74, 6) is -0.339. The standard InChI is InChI=1S/C14H12BrNO2/c1-9-2-7-13(17)12(8-9)14(18)16-11-5-3-10(15)4-6-11/h2-8,17H,1H3,(H,16,18). The number of amides is 1. The molecule has 0 saturated heterocycles. The molecule has 1 amide bonds. The number of carbonyl (C=O) groups is 1. The summed E-state index contributed by atoms with van der Waals surface area (Å²) >= 11 is 3.33. The molecule has 0 unspecified atom stereocenters. The molecular weight excluding hydrogens is 294 g/mol. The first kappa shape index (κ1) is 12.6. The van der Waals surface area contributed by atoms with Crippen molar-refractivity contribution in [2.24, 2.45) is 0 Å². The third-order valence-corrected chi connectivity index (χ3v) is 3.03. The van der Waals surface area contributed by atoms with E-state index in [9.17, 15) is 9.90 Å². The molecule has 2 N–H and O–H groups in total. The predicted molar refractivity (Wildman–Crippen MR) is 74.9 cm³/mol. The molecule has 0 saturated carbocycles.